The number of hydrogen-bond acceptors (Lipinski definition) is 2. The quantitative estimate of drug-likeness (QED) is 0.743. The Hall–Kier alpha value is -3.41. The minimum absolute atomic E-state index is 0.0647. The number of rotatable bonds is 5. The van der Waals surface area contributed by atoms with Gasteiger partial charge in [0.05, 0.1) is 6.04 Å². The van der Waals surface area contributed by atoms with E-state index in [0.717, 1.165) is 5.56 Å². The number of benzene rings is 2. The highest BCUT2D eigenvalue weighted by molar-refractivity contribution is 5.95. The van der Waals surface area contributed by atoms with Crippen molar-refractivity contribution in [3.63, 3.8) is 0 Å². The summed E-state index contributed by atoms with van der Waals surface area (Å²) in [4.78, 5) is 27.2. The Bertz CT molecular complexity index is 1000. The Balaban J connectivity index is 1.52. The highest BCUT2D eigenvalue weighted by Crippen LogP contribution is 2.21. The Morgan fingerprint density at radius 3 is 2.68 bits per heavy atom. The van der Waals surface area contributed by atoms with Crippen molar-refractivity contribution < 1.29 is 14.0 Å². The molecule has 0 aliphatic carbocycles. The van der Waals surface area contributed by atoms with Crippen LogP contribution in [0.25, 0.3) is 0 Å². The molecule has 0 spiro atoms. The summed E-state index contributed by atoms with van der Waals surface area (Å²) in [7, 11) is 0. The third-order valence-corrected chi connectivity index (χ3v) is 4.94. The zero-order valence-electron chi connectivity index (χ0n) is 15.2. The maximum atomic E-state index is 13.4. The maximum absolute atomic E-state index is 13.4. The number of nitrogens with one attached hydrogen (secondary N) is 1. The van der Waals surface area contributed by atoms with E-state index in [2.05, 4.69) is 5.32 Å². The maximum Gasteiger partial charge on any atom is 0.271 e. The van der Waals surface area contributed by atoms with E-state index in [1.807, 2.05) is 53.2 Å². The molecule has 0 bridgehead atoms. The molecule has 2 amide bonds. The molecule has 2 heterocycles. The van der Waals surface area contributed by atoms with Crippen LogP contribution in [0, 0.1) is 5.82 Å². The largest absolute Gasteiger partial charge is 0.350 e. The predicted molar refractivity (Wildman–Crippen MR) is 103 cm³/mol. The van der Waals surface area contributed by atoms with Gasteiger partial charge in [-0.25, -0.2) is 4.39 Å². The Kier molecular flexibility index (Phi) is 4.93. The van der Waals surface area contributed by atoms with Crippen molar-refractivity contribution in [2.45, 2.75) is 19.1 Å². The molecule has 0 radical (unpaired) electrons. The van der Waals surface area contributed by atoms with Crippen LogP contribution in [0.2, 0.25) is 0 Å². The monoisotopic (exact) mass is 377 g/mol. The zero-order valence-corrected chi connectivity index (χ0v) is 15.2. The molecule has 2 aromatic carbocycles. The summed E-state index contributed by atoms with van der Waals surface area (Å²) in [5.74, 6) is -0.877. The van der Waals surface area contributed by atoms with Gasteiger partial charge in [-0.15, -0.1) is 0 Å². The first kappa shape index (κ1) is 18.0. The first-order valence-corrected chi connectivity index (χ1v) is 9.15. The molecule has 1 atom stereocenters. The van der Waals surface area contributed by atoms with Crippen LogP contribution in [0.5, 0.6) is 0 Å². The lowest BCUT2D eigenvalue weighted by atomic mass is 10.1. The van der Waals surface area contributed by atoms with Crippen LogP contribution in [0.15, 0.2) is 72.9 Å². The number of carbonyl (C=O) groups excluding carboxylic acids is 2. The summed E-state index contributed by atoms with van der Waals surface area (Å²) in [5.41, 5.74) is 1.93. The lowest BCUT2D eigenvalue weighted by Gasteiger charge is -2.37. The van der Waals surface area contributed by atoms with Crippen molar-refractivity contribution in [2.24, 2.45) is 0 Å². The number of hydrogen-bond donors (Lipinski definition) is 1. The van der Waals surface area contributed by atoms with Gasteiger partial charge >= 0.3 is 0 Å². The van der Waals surface area contributed by atoms with Crippen molar-refractivity contribution in [3.8, 4) is 0 Å². The van der Waals surface area contributed by atoms with Crippen LogP contribution in [0.4, 0.5) is 4.39 Å². The van der Waals surface area contributed by atoms with Crippen molar-refractivity contribution in [1.29, 1.82) is 0 Å². The van der Waals surface area contributed by atoms with Crippen molar-refractivity contribution in [3.05, 3.63) is 95.6 Å². The minimum atomic E-state index is -0.455. The molecule has 0 saturated carbocycles. The Labute approximate surface area is 162 Å². The average Bonchev–Trinajstić information content (AvgIpc) is 3.18. The highest BCUT2D eigenvalue weighted by atomic mass is 19.1. The van der Waals surface area contributed by atoms with E-state index < -0.39 is 5.82 Å². The predicted octanol–water partition coefficient (Wildman–Crippen LogP) is 3.08. The number of carbonyl (C=O) groups is 2. The Morgan fingerprint density at radius 1 is 1.07 bits per heavy atom. The van der Waals surface area contributed by atoms with E-state index in [4.69, 9.17) is 0 Å². The number of halogens is 1. The molecule has 5 nitrogen and oxygen atoms in total. The van der Waals surface area contributed by atoms with E-state index in [9.17, 15) is 14.0 Å². The smallest absolute Gasteiger partial charge is 0.271 e. The molecule has 1 aliphatic heterocycles. The molecule has 4 rings (SSSR count). The standard InChI is InChI=1S/C22H20FN3O2/c23-18-9-4-8-17(12-18)21(27)24-13-19-15-25-11-5-10-20(25)22(28)26(19)14-16-6-2-1-3-7-16/h1-12,19H,13-15H2,(H,24,27). The second kappa shape index (κ2) is 7.68. The summed E-state index contributed by atoms with van der Waals surface area (Å²) in [6.45, 7) is 1.33. The van der Waals surface area contributed by atoms with E-state index in [1.54, 1.807) is 11.0 Å². The van der Waals surface area contributed by atoms with Gasteiger partial charge in [0.25, 0.3) is 11.8 Å². The normalized spacial score (nSPS) is 16.0. The fourth-order valence-corrected chi connectivity index (χ4v) is 3.50. The molecular formula is C22H20FN3O2. The molecular weight excluding hydrogens is 357 g/mol. The first-order valence-electron chi connectivity index (χ1n) is 9.15. The third-order valence-electron chi connectivity index (χ3n) is 4.94. The number of aromatic nitrogens is 1. The molecule has 1 aromatic heterocycles. The van der Waals surface area contributed by atoms with E-state index in [0.29, 0.717) is 18.8 Å². The molecule has 0 saturated heterocycles. The van der Waals surface area contributed by atoms with Crippen molar-refractivity contribution in [1.82, 2.24) is 14.8 Å². The SMILES string of the molecule is O=C(NCC1Cn2cccc2C(=O)N1Cc1ccccc1)c1cccc(F)c1. The van der Waals surface area contributed by atoms with Crippen LogP contribution >= 0.6 is 0 Å². The molecule has 28 heavy (non-hydrogen) atoms. The second-order valence-corrected chi connectivity index (χ2v) is 6.84. The van der Waals surface area contributed by atoms with Gasteiger partial charge in [0, 0.05) is 31.4 Å². The fourth-order valence-electron chi connectivity index (χ4n) is 3.50. The van der Waals surface area contributed by atoms with Crippen LogP contribution < -0.4 is 5.32 Å². The number of nitrogens with zero attached hydrogens (tertiary/aromatic N) is 2. The van der Waals surface area contributed by atoms with Gasteiger partial charge in [-0.1, -0.05) is 36.4 Å². The molecule has 3 aromatic rings. The molecule has 6 heteroatoms. The molecule has 1 unspecified atom stereocenters. The summed E-state index contributed by atoms with van der Waals surface area (Å²) >= 11 is 0. The number of fused-ring (bicyclic) bond motifs is 1. The summed E-state index contributed by atoms with van der Waals surface area (Å²) in [6, 6.07) is 18.8. The summed E-state index contributed by atoms with van der Waals surface area (Å²) < 4.78 is 15.3. The zero-order chi connectivity index (χ0) is 19.5. The molecule has 1 N–H and O–H groups in total. The van der Waals surface area contributed by atoms with Gasteiger partial charge in [-0.2, -0.15) is 0 Å². The van der Waals surface area contributed by atoms with Crippen LogP contribution in [0.1, 0.15) is 26.4 Å². The highest BCUT2D eigenvalue weighted by Gasteiger charge is 2.32. The summed E-state index contributed by atoms with van der Waals surface area (Å²) in [6.07, 6.45) is 1.87. The average molecular weight is 377 g/mol. The first-order chi connectivity index (χ1) is 13.6. The number of amides is 2. The van der Waals surface area contributed by atoms with Gasteiger partial charge in [0.2, 0.25) is 0 Å². The topological polar surface area (TPSA) is 54.3 Å². The molecule has 142 valence electrons. The third kappa shape index (κ3) is 3.67. The fraction of sp³-hybridized carbons (Fsp3) is 0.182. The van der Waals surface area contributed by atoms with Crippen molar-refractivity contribution >= 4 is 11.8 Å². The van der Waals surface area contributed by atoms with Crippen LogP contribution in [-0.4, -0.2) is 33.9 Å². The van der Waals surface area contributed by atoms with Crippen molar-refractivity contribution in [2.75, 3.05) is 6.54 Å². The second-order valence-electron chi connectivity index (χ2n) is 6.84. The van der Waals surface area contributed by atoms with Crippen LogP contribution in [-0.2, 0) is 13.1 Å². The lowest BCUT2D eigenvalue weighted by Crippen LogP contribution is -2.52. The summed E-state index contributed by atoms with van der Waals surface area (Å²) in [5, 5.41) is 2.84. The van der Waals surface area contributed by atoms with Gasteiger partial charge in [-0.05, 0) is 35.9 Å². The van der Waals surface area contributed by atoms with E-state index >= 15 is 0 Å². The lowest BCUT2D eigenvalue weighted by molar-refractivity contribution is 0.0563. The molecule has 0 fully saturated rings. The van der Waals surface area contributed by atoms with E-state index in [-0.39, 0.29) is 30.0 Å². The van der Waals surface area contributed by atoms with Crippen LogP contribution in [0.3, 0.4) is 0 Å². The van der Waals surface area contributed by atoms with Gasteiger partial charge in [0.1, 0.15) is 11.5 Å². The van der Waals surface area contributed by atoms with Gasteiger partial charge in [0.15, 0.2) is 0 Å². The minimum Gasteiger partial charge on any atom is -0.350 e. The van der Waals surface area contributed by atoms with Gasteiger partial charge in [-0.3, -0.25) is 9.59 Å². The van der Waals surface area contributed by atoms with E-state index in [1.165, 1.54) is 18.2 Å². The molecule has 1 aliphatic rings. The van der Waals surface area contributed by atoms with Gasteiger partial charge < -0.3 is 14.8 Å². The Morgan fingerprint density at radius 2 is 1.89 bits per heavy atom.